The lowest BCUT2D eigenvalue weighted by molar-refractivity contribution is 0.588. The van der Waals surface area contributed by atoms with Crippen molar-refractivity contribution in [2.75, 3.05) is 12.8 Å². The van der Waals surface area contributed by atoms with Crippen molar-refractivity contribution >= 4 is 27.3 Å². The van der Waals surface area contributed by atoms with Crippen LogP contribution in [0.15, 0.2) is 23.1 Å². The van der Waals surface area contributed by atoms with E-state index in [0.29, 0.717) is 0 Å². The zero-order chi connectivity index (χ0) is 10.1. The molecule has 0 saturated carbocycles. The van der Waals surface area contributed by atoms with E-state index in [0.717, 1.165) is 0 Å². The number of para-hydroxylation sites is 1. The molecule has 72 valence electrons. The molecule has 0 spiro atoms. The molecule has 6 heteroatoms. The molecule has 4 nitrogen and oxygen atoms in total. The molecule has 1 rings (SSSR count). The average Bonchev–Trinajstić information content (AvgIpc) is 2.09. The predicted octanol–water partition coefficient (Wildman–Crippen LogP) is 0.830. The van der Waals surface area contributed by atoms with Gasteiger partial charge >= 0.3 is 0 Å². The van der Waals surface area contributed by atoms with Gasteiger partial charge in [-0.05, 0) is 19.2 Å². The summed E-state index contributed by atoms with van der Waals surface area (Å²) in [7, 11) is -2.20. The van der Waals surface area contributed by atoms with E-state index in [9.17, 15) is 8.42 Å². The number of hydrogen-bond acceptors (Lipinski definition) is 3. The molecule has 0 aliphatic carbocycles. The Morgan fingerprint density at radius 3 is 2.62 bits per heavy atom. The van der Waals surface area contributed by atoms with Gasteiger partial charge in [-0.25, -0.2) is 13.1 Å². The number of nitrogens with one attached hydrogen (secondary N) is 1. The first kappa shape index (κ1) is 10.3. The Morgan fingerprint density at radius 2 is 2.08 bits per heavy atom. The van der Waals surface area contributed by atoms with Crippen molar-refractivity contribution < 1.29 is 8.42 Å². The van der Waals surface area contributed by atoms with Crippen molar-refractivity contribution in [3.05, 3.63) is 23.2 Å². The summed E-state index contributed by atoms with van der Waals surface area (Å²) in [5.74, 6) is 0. The van der Waals surface area contributed by atoms with Crippen molar-refractivity contribution in [1.82, 2.24) is 4.72 Å². The number of nitrogens with two attached hydrogens (primary N) is 1. The van der Waals surface area contributed by atoms with Gasteiger partial charge in [-0.15, -0.1) is 0 Å². The molecule has 0 bridgehead atoms. The number of benzene rings is 1. The van der Waals surface area contributed by atoms with Crippen LogP contribution < -0.4 is 10.5 Å². The van der Waals surface area contributed by atoms with Crippen LogP contribution in [-0.4, -0.2) is 15.5 Å². The van der Waals surface area contributed by atoms with E-state index in [1.54, 1.807) is 0 Å². The summed E-state index contributed by atoms with van der Waals surface area (Å²) in [6, 6.07) is 4.46. The predicted molar refractivity (Wildman–Crippen MR) is 52.1 cm³/mol. The van der Waals surface area contributed by atoms with E-state index in [1.807, 2.05) is 0 Å². The van der Waals surface area contributed by atoms with Crippen LogP contribution >= 0.6 is 11.6 Å². The van der Waals surface area contributed by atoms with E-state index < -0.39 is 10.0 Å². The Hall–Kier alpha value is -0.780. The summed E-state index contributed by atoms with van der Waals surface area (Å²) < 4.78 is 24.8. The molecular weight excluding hydrogens is 212 g/mol. The summed E-state index contributed by atoms with van der Waals surface area (Å²) >= 11 is 5.66. The summed E-state index contributed by atoms with van der Waals surface area (Å²) in [5, 5.41) is 0.233. The molecule has 0 amide bonds. The van der Waals surface area contributed by atoms with Crippen LogP contribution in [-0.2, 0) is 10.0 Å². The first-order chi connectivity index (χ1) is 5.99. The fourth-order valence-corrected chi connectivity index (χ4v) is 1.97. The highest BCUT2D eigenvalue weighted by atomic mass is 35.5. The van der Waals surface area contributed by atoms with Crippen LogP contribution in [0.2, 0.25) is 5.02 Å². The highest BCUT2D eigenvalue weighted by molar-refractivity contribution is 7.89. The zero-order valence-electron chi connectivity index (χ0n) is 6.91. The zero-order valence-corrected chi connectivity index (χ0v) is 8.48. The summed E-state index contributed by atoms with van der Waals surface area (Å²) in [4.78, 5) is 0.00231. The Morgan fingerprint density at radius 1 is 1.46 bits per heavy atom. The van der Waals surface area contributed by atoms with Crippen LogP contribution in [0.4, 0.5) is 5.69 Å². The Balaban J connectivity index is 3.40. The van der Waals surface area contributed by atoms with Gasteiger partial charge in [-0.2, -0.15) is 0 Å². The largest absolute Gasteiger partial charge is 0.396 e. The lowest BCUT2D eigenvalue weighted by Crippen LogP contribution is -2.19. The first-order valence-electron chi connectivity index (χ1n) is 3.46. The molecule has 0 radical (unpaired) electrons. The maximum absolute atomic E-state index is 11.3. The minimum atomic E-state index is -3.51. The SMILES string of the molecule is CNS(=O)(=O)c1cccc(Cl)c1N. The van der Waals surface area contributed by atoms with E-state index in [4.69, 9.17) is 17.3 Å². The smallest absolute Gasteiger partial charge is 0.242 e. The second-order valence-electron chi connectivity index (χ2n) is 2.36. The average molecular weight is 221 g/mol. The van der Waals surface area contributed by atoms with Gasteiger partial charge in [-0.1, -0.05) is 17.7 Å². The summed E-state index contributed by atoms with van der Waals surface area (Å²) in [6.07, 6.45) is 0. The first-order valence-corrected chi connectivity index (χ1v) is 5.32. The van der Waals surface area contributed by atoms with Crippen molar-refractivity contribution in [3.63, 3.8) is 0 Å². The van der Waals surface area contributed by atoms with Crippen molar-refractivity contribution in [2.24, 2.45) is 0 Å². The molecular formula is C7H9ClN2O2S. The van der Waals surface area contributed by atoms with Gasteiger partial charge in [0.2, 0.25) is 10.0 Å². The van der Waals surface area contributed by atoms with Gasteiger partial charge in [0.05, 0.1) is 10.7 Å². The summed E-state index contributed by atoms with van der Waals surface area (Å²) in [6.45, 7) is 0. The maximum atomic E-state index is 11.3. The van der Waals surface area contributed by atoms with Gasteiger partial charge in [0.25, 0.3) is 0 Å². The second kappa shape index (κ2) is 3.53. The van der Waals surface area contributed by atoms with E-state index in [1.165, 1.54) is 25.2 Å². The number of hydrogen-bond donors (Lipinski definition) is 2. The van der Waals surface area contributed by atoms with Crippen LogP contribution in [0.5, 0.6) is 0 Å². The topological polar surface area (TPSA) is 72.2 Å². The minimum absolute atomic E-state index is 0.00231. The summed E-state index contributed by atoms with van der Waals surface area (Å²) in [5.41, 5.74) is 5.56. The molecule has 0 saturated heterocycles. The monoisotopic (exact) mass is 220 g/mol. The number of rotatable bonds is 2. The van der Waals surface area contributed by atoms with Crippen molar-refractivity contribution in [3.8, 4) is 0 Å². The molecule has 0 unspecified atom stereocenters. The molecule has 13 heavy (non-hydrogen) atoms. The number of nitrogen functional groups attached to an aromatic ring is 1. The molecule has 0 aliphatic rings. The highest BCUT2D eigenvalue weighted by Crippen LogP contribution is 2.25. The van der Waals surface area contributed by atoms with Crippen molar-refractivity contribution in [1.29, 1.82) is 0 Å². The van der Waals surface area contributed by atoms with Crippen LogP contribution in [0.25, 0.3) is 0 Å². The molecule has 1 aromatic rings. The fourth-order valence-electron chi connectivity index (χ4n) is 0.862. The van der Waals surface area contributed by atoms with Crippen LogP contribution in [0.3, 0.4) is 0 Å². The van der Waals surface area contributed by atoms with Gasteiger partial charge in [0.15, 0.2) is 0 Å². The Labute approximate surface area is 81.8 Å². The molecule has 3 N–H and O–H groups in total. The molecule has 0 aromatic heterocycles. The molecule has 1 aromatic carbocycles. The molecule has 0 atom stereocenters. The Bertz CT molecular complexity index is 417. The minimum Gasteiger partial charge on any atom is -0.396 e. The highest BCUT2D eigenvalue weighted by Gasteiger charge is 2.15. The van der Waals surface area contributed by atoms with E-state index in [-0.39, 0.29) is 15.6 Å². The standard InChI is InChI=1S/C7H9ClN2O2S/c1-10-13(11,12)6-4-2-3-5(8)7(6)9/h2-4,10H,9H2,1H3. The normalized spacial score (nSPS) is 11.5. The number of sulfonamides is 1. The molecule has 0 aliphatic heterocycles. The lowest BCUT2D eigenvalue weighted by Gasteiger charge is -2.06. The van der Waals surface area contributed by atoms with Crippen LogP contribution in [0, 0.1) is 0 Å². The van der Waals surface area contributed by atoms with Crippen LogP contribution in [0.1, 0.15) is 0 Å². The van der Waals surface area contributed by atoms with Gasteiger partial charge in [0.1, 0.15) is 4.90 Å². The maximum Gasteiger partial charge on any atom is 0.242 e. The van der Waals surface area contributed by atoms with E-state index >= 15 is 0 Å². The third kappa shape index (κ3) is 1.93. The third-order valence-electron chi connectivity index (χ3n) is 1.57. The van der Waals surface area contributed by atoms with Gasteiger partial charge in [0, 0.05) is 0 Å². The number of anilines is 1. The molecule has 0 fully saturated rings. The number of halogens is 1. The quantitative estimate of drug-likeness (QED) is 0.726. The lowest BCUT2D eigenvalue weighted by atomic mass is 10.3. The second-order valence-corrected chi connectivity index (χ2v) is 4.62. The fraction of sp³-hybridized carbons (Fsp3) is 0.143. The van der Waals surface area contributed by atoms with Crippen molar-refractivity contribution in [2.45, 2.75) is 4.90 Å². The van der Waals surface area contributed by atoms with Gasteiger partial charge < -0.3 is 5.73 Å². The molecule has 0 heterocycles. The van der Waals surface area contributed by atoms with Gasteiger partial charge in [-0.3, -0.25) is 0 Å². The Kier molecular flexibility index (Phi) is 2.80. The van der Waals surface area contributed by atoms with E-state index in [2.05, 4.69) is 4.72 Å². The third-order valence-corrected chi connectivity index (χ3v) is 3.37.